The van der Waals surface area contributed by atoms with Crippen molar-refractivity contribution < 1.29 is 0 Å². The summed E-state index contributed by atoms with van der Waals surface area (Å²) < 4.78 is 0.894. The van der Waals surface area contributed by atoms with E-state index in [4.69, 9.17) is 11.6 Å². The fourth-order valence-electron chi connectivity index (χ4n) is 1.55. The smallest absolute Gasteiger partial charge is 0.0931 e. The molecule has 0 radical (unpaired) electrons. The van der Waals surface area contributed by atoms with Crippen molar-refractivity contribution in [3.05, 3.63) is 21.3 Å². The molecular weight excluding hydrogens is 270 g/mol. The second-order valence-corrected chi connectivity index (χ2v) is 7.85. The molecule has 1 aromatic heterocycles. The molecule has 1 unspecified atom stereocenters. The molecule has 0 saturated carbocycles. The Kier molecular flexibility index (Phi) is 7.60. The second kappa shape index (κ2) is 8.41. The van der Waals surface area contributed by atoms with Crippen LogP contribution >= 0.6 is 34.7 Å². The minimum absolute atomic E-state index is 0.567. The average Bonchev–Trinajstić information content (AvgIpc) is 2.68. The van der Waals surface area contributed by atoms with E-state index in [0.29, 0.717) is 11.3 Å². The van der Waals surface area contributed by atoms with Crippen molar-refractivity contribution in [1.82, 2.24) is 5.32 Å². The molecule has 0 aliphatic carbocycles. The molecule has 0 aromatic carbocycles. The Labute approximate surface area is 118 Å². The van der Waals surface area contributed by atoms with E-state index in [2.05, 4.69) is 32.2 Å². The number of hydrogen-bond donors (Lipinski definition) is 1. The standard InChI is InChI=1S/C13H22ClNS2/c1-4-7-15-11(9-16-10(2)3)8-12-5-6-13(14)17-12/h5-6,10-11,15H,4,7-9H2,1-3H3. The van der Waals surface area contributed by atoms with Gasteiger partial charge in [0.1, 0.15) is 0 Å². The first-order chi connectivity index (χ1) is 8.11. The van der Waals surface area contributed by atoms with Gasteiger partial charge in [0.2, 0.25) is 0 Å². The van der Waals surface area contributed by atoms with Gasteiger partial charge in [0, 0.05) is 16.7 Å². The summed E-state index contributed by atoms with van der Waals surface area (Å²) in [7, 11) is 0. The molecule has 0 aliphatic rings. The van der Waals surface area contributed by atoms with Crippen LogP contribution in [0.1, 0.15) is 32.1 Å². The maximum Gasteiger partial charge on any atom is 0.0931 e. The molecule has 1 nitrogen and oxygen atoms in total. The zero-order valence-electron chi connectivity index (χ0n) is 10.8. The highest BCUT2D eigenvalue weighted by Gasteiger charge is 2.11. The molecule has 0 aliphatic heterocycles. The third kappa shape index (κ3) is 6.70. The van der Waals surface area contributed by atoms with Crippen LogP contribution in [-0.2, 0) is 6.42 Å². The lowest BCUT2D eigenvalue weighted by Crippen LogP contribution is -2.34. The first-order valence-electron chi connectivity index (χ1n) is 6.21. The van der Waals surface area contributed by atoms with Gasteiger partial charge in [0.25, 0.3) is 0 Å². The molecule has 1 rings (SSSR count). The molecule has 4 heteroatoms. The van der Waals surface area contributed by atoms with Crippen molar-refractivity contribution in [3.8, 4) is 0 Å². The molecule has 0 bridgehead atoms. The average molecular weight is 292 g/mol. The lowest BCUT2D eigenvalue weighted by Gasteiger charge is -2.18. The number of thioether (sulfide) groups is 1. The Bertz CT molecular complexity index is 312. The van der Waals surface area contributed by atoms with Crippen molar-refractivity contribution in [3.63, 3.8) is 0 Å². The first kappa shape index (κ1) is 15.4. The first-order valence-corrected chi connectivity index (χ1v) is 8.45. The van der Waals surface area contributed by atoms with E-state index in [1.165, 1.54) is 17.1 Å². The predicted molar refractivity (Wildman–Crippen MR) is 82.7 cm³/mol. The summed E-state index contributed by atoms with van der Waals surface area (Å²) in [6, 6.07) is 4.71. The highest BCUT2D eigenvalue weighted by Crippen LogP contribution is 2.23. The van der Waals surface area contributed by atoms with Crippen molar-refractivity contribution in [2.75, 3.05) is 12.3 Å². The van der Waals surface area contributed by atoms with Gasteiger partial charge in [-0.3, -0.25) is 0 Å². The fourth-order valence-corrected chi connectivity index (χ4v) is 3.57. The van der Waals surface area contributed by atoms with Crippen molar-refractivity contribution in [1.29, 1.82) is 0 Å². The lowest BCUT2D eigenvalue weighted by molar-refractivity contribution is 0.553. The lowest BCUT2D eigenvalue weighted by atomic mass is 10.2. The number of rotatable bonds is 8. The zero-order valence-corrected chi connectivity index (χ0v) is 13.2. The SMILES string of the molecule is CCCNC(CSC(C)C)Cc1ccc(Cl)s1. The van der Waals surface area contributed by atoms with Crippen LogP contribution in [0, 0.1) is 0 Å². The Morgan fingerprint density at radius 1 is 1.41 bits per heavy atom. The van der Waals surface area contributed by atoms with Crippen molar-refractivity contribution in [2.45, 2.75) is 44.9 Å². The molecular formula is C13H22ClNS2. The molecule has 1 aromatic rings. The third-order valence-electron chi connectivity index (χ3n) is 2.39. The quantitative estimate of drug-likeness (QED) is 0.759. The molecule has 1 atom stereocenters. The van der Waals surface area contributed by atoms with Gasteiger partial charge in [-0.1, -0.05) is 32.4 Å². The summed E-state index contributed by atoms with van der Waals surface area (Å²) in [5, 5.41) is 4.33. The van der Waals surface area contributed by atoms with Gasteiger partial charge in [-0.05, 0) is 36.8 Å². The van der Waals surface area contributed by atoms with Crippen LogP contribution in [0.3, 0.4) is 0 Å². The maximum absolute atomic E-state index is 5.97. The summed E-state index contributed by atoms with van der Waals surface area (Å²) in [5.41, 5.74) is 0. The summed E-state index contributed by atoms with van der Waals surface area (Å²) in [5.74, 6) is 1.17. The second-order valence-electron chi connectivity index (χ2n) is 4.44. The van der Waals surface area contributed by atoms with E-state index in [-0.39, 0.29) is 0 Å². The monoisotopic (exact) mass is 291 g/mol. The van der Waals surface area contributed by atoms with Crippen molar-refractivity contribution >= 4 is 34.7 Å². The highest BCUT2D eigenvalue weighted by atomic mass is 35.5. The van der Waals surface area contributed by atoms with Gasteiger partial charge >= 0.3 is 0 Å². The predicted octanol–water partition coefficient (Wildman–Crippen LogP) is 4.45. The Hall–Kier alpha value is 0.300. The number of nitrogens with one attached hydrogen (secondary N) is 1. The molecule has 0 saturated heterocycles. The van der Waals surface area contributed by atoms with Gasteiger partial charge in [0.15, 0.2) is 0 Å². The van der Waals surface area contributed by atoms with Crippen LogP contribution in [0.15, 0.2) is 12.1 Å². The number of halogens is 1. The van der Waals surface area contributed by atoms with E-state index < -0.39 is 0 Å². The maximum atomic E-state index is 5.97. The Morgan fingerprint density at radius 2 is 2.18 bits per heavy atom. The van der Waals surface area contributed by atoms with Gasteiger partial charge in [-0.2, -0.15) is 11.8 Å². The van der Waals surface area contributed by atoms with Gasteiger partial charge in [-0.15, -0.1) is 11.3 Å². The van der Waals surface area contributed by atoms with E-state index in [1.807, 2.05) is 17.8 Å². The van der Waals surface area contributed by atoms with Crippen LogP contribution in [0.5, 0.6) is 0 Å². The molecule has 1 N–H and O–H groups in total. The molecule has 0 amide bonds. The zero-order chi connectivity index (χ0) is 12.7. The van der Waals surface area contributed by atoms with Crippen LogP contribution in [0.25, 0.3) is 0 Å². The normalized spacial score (nSPS) is 13.2. The number of thiophene rings is 1. The Morgan fingerprint density at radius 3 is 2.71 bits per heavy atom. The van der Waals surface area contributed by atoms with Gasteiger partial charge in [-0.25, -0.2) is 0 Å². The molecule has 98 valence electrons. The van der Waals surface area contributed by atoms with E-state index in [0.717, 1.165) is 17.3 Å². The van der Waals surface area contributed by atoms with E-state index in [1.54, 1.807) is 11.3 Å². The van der Waals surface area contributed by atoms with Crippen LogP contribution in [-0.4, -0.2) is 23.6 Å². The van der Waals surface area contributed by atoms with Gasteiger partial charge in [0.05, 0.1) is 4.34 Å². The summed E-state index contributed by atoms with van der Waals surface area (Å²) in [6.07, 6.45) is 2.28. The van der Waals surface area contributed by atoms with Crippen molar-refractivity contribution in [2.24, 2.45) is 0 Å². The third-order valence-corrected chi connectivity index (χ3v) is 4.91. The summed E-state index contributed by atoms with van der Waals surface area (Å²) in [4.78, 5) is 1.38. The Balaban J connectivity index is 2.44. The van der Waals surface area contributed by atoms with E-state index in [9.17, 15) is 0 Å². The van der Waals surface area contributed by atoms with Crippen LogP contribution < -0.4 is 5.32 Å². The number of hydrogen-bond acceptors (Lipinski definition) is 3. The van der Waals surface area contributed by atoms with Gasteiger partial charge < -0.3 is 5.32 Å². The molecule has 0 spiro atoms. The summed E-state index contributed by atoms with van der Waals surface area (Å²) in [6.45, 7) is 7.82. The minimum atomic E-state index is 0.567. The topological polar surface area (TPSA) is 12.0 Å². The highest BCUT2D eigenvalue weighted by molar-refractivity contribution is 7.99. The van der Waals surface area contributed by atoms with E-state index >= 15 is 0 Å². The largest absolute Gasteiger partial charge is 0.313 e. The fraction of sp³-hybridized carbons (Fsp3) is 0.692. The molecule has 0 fully saturated rings. The summed E-state index contributed by atoms with van der Waals surface area (Å²) >= 11 is 9.69. The van der Waals surface area contributed by atoms with Crippen LogP contribution in [0.2, 0.25) is 4.34 Å². The van der Waals surface area contributed by atoms with Crippen LogP contribution in [0.4, 0.5) is 0 Å². The molecule has 1 heterocycles. The minimum Gasteiger partial charge on any atom is -0.313 e. The molecule has 17 heavy (non-hydrogen) atoms.